The molecule has 0 bridgehead atoms. The number of fused-ring (bicyclic) bond motifs is 1. The van der Waals surface area contributed by atoms with E-state index in [1.165, 1.54) is 4.68 Å². The van der Waals surface area contributed by atoms with Crippen molar-refractivity contribution >= 4 is 28.6 Å². The molecule has 3 rings (SSSR count). The van der Waals surface area contributed by atoms with Crippen molar-refractivity contribution in [3.05, 3.63) is 42.1 Å². The van der Waals surface area contributed by atoms with Gasteiger partial charge in [-0.05, 0) is 12.3 Å². The van der Waals surface area contributed by atoms with Gasteiger partial charge in [0.1, 0.15) is 18.9 Å². The number of thioether (sulfide) groups is 1. The third-order valence-corrected chi connectivity index (χ3v) is 4.06. The van der Waals surface area contributed by atoms with Crippen LogP contribution in [0.15, 0.2) is 30.5 Å². The van der Waals surface area contributed by atoms with Gasteiger partial charge in [0.2, 0.25) is 0 Å². The third kappa shape index (κ3) is 3.53. The number of rotatable bonds is 7. The van der Waals surface area contributed by atoms with Crippen molar-refractivity contribution in [2.24, 2.45) is 0 Å². The van der Waals surface area contributed by atoms with E-state index in [2.05, 4.69) is 15.2 Å². The first kappa shape index (κ1) is 15.5. The molecule has 0 radical (unpaired) electrons. The molecule has 0 aliphatic carbocycles. The normalized spacial score (nSPS) is 11.2. The lowest BCUT2D eigenvalue weighted by atomic mass is 10.2. The molecule has 2 aromatic heterocycles. The van der Waals surface area contributed by atoms with Gasteiger partial charge < -0.3 is 5.11 Å². The lowest BCUT2D eigenvalue weighted by Gasteiger charge is -2.04. The first-order valence-corrected chi connectivity index (χ1v) is 8.60. The van der Waals surface area contributed by atoms with Gasteiger partial charge in [0.15, 0.2) is 5.82 Å². The van der Waals surface area contributed by atoms with Crippen molar-refractivity contribution in [1.29, 1.82) is 0 Å². The highest BCUT2D eigenvalue weighted by molar-refractivity contribution is 7.98. The molecule has 1 N–H and O–H groups in total. The summed E-state index contributed by atoms with van der Waals surface area (Å²) in [6, 6.07) is 7.88. The van der Waals surface area contributed by atoms with Crippen LogP contribution in [0.4, 0.5) is 0 Å². The average Bonchev–Trinajstić information content (AvgIpc) is 3.10. The van der Waals surface area contributed by atoms with E-state index < -0.39 is 5.97 Å². The molecule has 0 fully saturated rings. The molecule has 8 heteroatoms. The minimum Gasteiger partial charge on any atom is -0.480 e. The molecule has 0 saturated heterocycles. The molecule has 0 atom stereocenters. The fourth-order valence-electron chi connectivity index (χ4n) is 2.38. The summed E-state index contributed by atoms with van der Waals surface area (Å²) in [6.45, 7) is 0.202. The molecule has 0 unspecified atom stereocenters. The second kappa shape index (κ2) is 6.82. The number of hydrogen-bond donors (Lipinski definition) is 1. The van der Waals surface area contributed by atoms with Crippen LogP contribution in [-0.2, 0) is 24.3 Å². The van der Waals surface area contributed by atoms with Gasteiger partial charge >= 0.3 is 5.97 Å². The maximum atomic E-state index is 11.0. The number of carboxylic acids is 1. The molecule has 120 valence electrons. The summed E-state index contributed by atoms with van der Waals surface area (Å²) >= 11 is 1.71. The monoisotopic (exact) mass is 331 g/mol. The standard InChI is InChI=1S/C15H17N5O2S/c1-23-7-6-13-17-14(20(18-13)10-15(21)22)9-19-12-5-3-2-4-11(12)8-16-19/h2-5,8H,6-7,9-10H2,1H3,(H,21,22). The third-order valence-electron chi connectivity index (χ3n) is 3.45. The predicted octanol–water partition coefficient (Wildman–Crippen LogP) is 1.67. The minimum atomic E-state index is -0.933. The summed E-state index contributed by atoms with van der Waals surface area (Å²) in [7, 11) is 0. The van der Waals surface area contributed by atoms with Crippen LogP contribution >= 0.6 is 11.8 Å². The second-order valence-corrected chi connectivity index (χ2v) is 6.09. The van der Waals surface area contributed by atoms with Crippen LogP contribution in [0.3, 0.4) is 0 Å². The molecular formula is C15H17N5O2S. The number of aryl methyl sites for hydroxylation is 1. The van der Waals surface area contributed by atoms with Crippen molar-refractivity contribution in [2.45, 2.75) is 19.5 Å². The second-order valence-electron chi connectivity index (χ2n) is 5.10. The van der Waals surface area contributed by atoms with Gasteiger partial charge in [-0.1, -0.05) is 18.2 Å². The van der Waals surface area contributed by atoms with Crippen LogP contribution in [0.2, 0.25) is 0 Å². The number of carboxylic acid groups (broad SMARTS) is 1. The van der Waals surface area contributed by atoms with E-state index in [0.717, 1.165) is 23.1 Å². The summed E-state index contributed by atoms with van der Waals surface area (Å²) in [5, 5.41) is 18.8. The predicted molar refractivity (Wildman–Crippen MR) is 88.6 cm³/mol. The number of carbonyl (C=O) groups is 1. The van der Waals surface area contributed by atoms with Crippen LogP contribution in [0.5, 0.6) is 0 Å². The number of para-hydroxylation sites is 1. The van der Waals surface area contributed by atoms with Crippen LogP contribution < -0.4 is 0 Å². The quantitative estimate of drug-likeness (QED) is 0.709. The van der Waals surface area contributed by atoms with Crippen LogP contribution in [0.25, 0.3) is 10.9 Å². The van der Waals surface area contributed by atoms with Crippen molar-refractivity contribution in [3.8, 4) is 0 Å². The van der Waals surface area contributed by atoms with E-state index in [-0.39, 0.29) is 6.54 Å². The highest BCUT2D eigenvalue weighted by Gasteiger charge is 2.14. The number of aromatic nitrogens is 5. The highest BCUT2D eigenvalue weighted by atomic mass is 32.2. The van der Waals surface area contributed by atoms with E-state index in [9.17, 15) is 4.79 Å². The van der Waals surface area contributed by atoms with Crippen molar-refractivity contribution in [1.82, 2.24) is 24.5 Å². The Balaban J connectivity index is 1.90. The summed E-state index contributed by atoms with van der Waals surface area (Å²) in [5.41, 5.74) is 0.989. The molecule has 0 aliphatic heterocycles. The minimum absolute atomic E-state index is 0.194. The lowest BCUT2D eigenvalue weighted by Crippen LogP contribution is -2.16. The molecule has 3 aromatic rings. The Morgan fingerprint density at radius 2 is 2.13 bits per heavy atom. The van der Waals surface area contributed by atoms with Gasteiger partial charge in [0, 0.05) is 17.6 Å². The highest BCUT2D eigenvalue weighted by Crippen LogP contribution is 2.14. The fourth-order valence-corrected chi connectivity index (χ4v) is 2.77. The first-order valence-electron chi connectivity index (χ1n) is 7.21. The van der Waals surface area contributed by atoms with Crippen LogP contribution in [0.1, 0.15) is 11.6 Å². The van der Waals surface area contributed by atoms with E-state index in [0.29, 0.717) is 18.2 Å². The summed E-state index contributed by atoms with van der Waals surface area (Å²) < 4.78 is 3.27. The number of benzene rings is 1. The molecule has 0 saturated carbocycles. The average molecular weight is 331 g/mol. The SMILES string of the molecule is CSCCc1nc(Cn2ncc3ccccc32)n(CC(=O)O)n1. The smallest absolute Gasteiger partial charge is 0.325 e. The maximum Gasteiger partial charge on any atom is 0.325 e. The number of nitrogens with zero attached hydrogens (tertiary/aromatic N) is 5. The van der Waals surface area contributed by atoms with Gasteiger partial charge in [0.05, 0.1) is 11.7 Å². The van der Waals surface area contributed by atoms with Crippen LogP contribution in [0, 0.1) is 0 Å². The molecule has 7 nitrogen and oxygen atoms in total. The fraction of sp³-hybridized carbons (Fsp3) is 0.333. The molecular weight excluding hydrogens is 314 g/mol. The largest absolute Gasteiger partial charge is 0.480 e. The Bertz CT molecular complexity index is 826. The maximum absolute atomic E-state index is 11.0. The zero-order chi connectivity index (χ0) is 16.2. The molecule has 2 heterocycles. The Kier molecular flexibility index (Phi) is 4.61. The Morgan fingerprint density at radius 3 is 2.91 bits per heavy atom. The van der Waals surface area contributed by atoms with E-state index in [1.54, 1.807) is 18.0 Å². The Hall–Kier alpha value is -2.35. The first-order chi connectivity index (χ1) is 11.2. The summed E-state index contributed by atoms with van der Waals surface area (Å²) in [5.74, 6) is 1.25. The Morgan fingerprint density at radius 1 is 1.30 bits per heavy atom. The van der Waals surface area contributed by atoms with Gasteiger partial charge in [0.25, 0.3) is 0 Å². The Labute approximate surface area is 137 Å². The lowest BCUT2D eigenvalue weighted by molar-refractivity contribution is -0.137. The number of aliphatic carboxylic acids is 1. The van der Waals surface area contributed by atoms with Gasteiger partial charge in [-0.25, -0.2) is 9.67 Å². The van der Waals surface area contributed by atoms with E-state index in [4.69, 9.17) is 5.11 Å². The molecule has 23 heavy (non-hydrogen) atoms. The zero-order valence-electron chi connectivity index (χ0n) is 12.7. The molecule has 0 amide bonds. The van der Waals surface area contributed by atoms with Crippen molar-refractivity contribution in [2.75, 3.05) is 12.0 Å². The summed E-state index contributed by atoms with van der Waals surface area (Å²) in [6.07, 6.45) is 4.54. The summed E-state index contributed by atoms with van der Waals surface area (Å²) in [4.78, 5) is 15.5. The molecule has 0 aliphatic rings. The number of hydrogen-bond acceptors (Lipinski definition) is 5. The van der Waals surface area contributed by atoms with Gasteiger partial charge in [-0.15, -0.1) is 0 Å². The molecule has 1 aromatic carbocycles. The van der Waals surface area contributed by atoms with Crippen molar-refractivity contribution < 1.29 is 9.90 Å². The van der Waals surface area contributed by atoms with E-state index >= 15 is 0 Å². The van der Waals surface area contributed by atoms with E-state index in [1.807, 2.05) is 35.2 Å². The molecule has 0 spiro atoms. The van der Waals surface area contributed by atoms with Crippen molar-refractivity contribution in [3.63, 3.8) is 0 Å². The van der Waals surface area contributed by atoms with Gasteiger partial charge in [-0.3, -0.25) is 9.48 Å². The van der Waals surface area contributed by atoms with Crippen LogP contribution in [-0.4, -0.2) is 47.6 Å². The topological polar surface area (TPSA) is 85.8 Å². The van der Waals surface area contributed by atoms with Gasteiger partial charge in [-0.2, -0.15) is 22.0 Å². The zero-order valence-corrected chi connectivity index (χ0v) is 13.5.